The van der Waals surface area contributed by atoms with E-state index in [1.54, 1.807) is 11.5 Å². The molecular weight excluding hydrogens is 244 g/mol. The monoisotopic (exact) mass is 254 g/mol. The van der Waals surface area contributed by atoms with Gasteiger partial charge in [-0.1, -0.05) is 15.9 Å². The minimum Gasteiger partial charge on any atom is -0.266 e. The van der Waals surface area contributed by atoms with Crippen LogP contribution in [0.2, 0.25) is 0 Å². The van der Waals surface area contributed by atoms with Crippen LogP contribution in [0.25, 0.3) is 0 Å². The van der Waals surface area contributed by atoms with E-state index >= 15 is 0 Å². The van der Waals surface area contributed by atoms with Gasteiger partial charge in [-0.05, 0) is 37.1 Å². The van der Waals surface area contributed by atoms with Crippen LogP contribution in [0, 0.1) is 13.8 Å². The van der Waals surface area contributed by atoms with Gasteiger partial charge in [0.05, 0.1) is 5.69 Å². The first-order chi connectivity index (χ1) is 6.68. The molecule has 4 nitrogen and oxygen atoms in total. The number of aryl methyl sites for hydroxylation is 2. The van der Waals surface area contributed by atoms with E-state index in [-0.39, 0.29) is 0 Å². The lowest BCUT2D eigenvalue weighted by atomic mass is 10.1. The van der Waals surface area contributed by atoms with E-state index in [2.05, 4.69) is 58.0 Å². The molecule has 0 radical (unpaired) electrons. The number of halogens is 1. The van der Waals surface area contributed by atoms with Crippen LogP contribution in [0.15, 0.2) is 21.7 Å². The highest BCUT2D eigenvalue weighted by atomic mass is 79.9. The number of hydrogen-bond donors (Lipinski definition) is 2. The SMILES string of the molecule is Cc1cc(N2NC=NN2)cc(C)c1Br. The molecule has 1 heterocycles. The fourth-order valence-electron chi connectivity index (χ4n) is 1.39. The van der Waals surface area contributed by atoms with Gasteiger partial charge in [0, 0.05) is 4.47 Å². The lowest BCUT2D eigenvalue weighted by Crippen LogP contribution is -2.39. The molecule has 0 unspecified atom stereocenters. The molecule has 0 atom stereocenters. The fourth-order valence-corrected chi connectivity index (χ4v) is 1.62. The topological polar surface area (TPSA) is 39.7 Å². The van der Waals surface area contributed by atoms with Crippen LogP contribution in [0.3, 0.4) is 0 Å². The third-order valence-electron chi connectivity index (χ3n) is 2.09. The summed E-state index contributed by atoms with van der Waals surface area (Å²) < 4.78 is 1.15. The second kappa shape index (κ2) is 3.49. The summed E-state index contributed by atoms with van der Waals surface area (Å²) in [5.41, 5.74) is 9.24. The molecule has 2 rings (SSSR count). The van der Waals surface area contributed by atoms with E-state index in [1.807, 2.05) is 0 Å². The summed E-state index contributed by atoms with van der Waals surface area (Å²) >= 11 is 3.53. The van der Waals surface area contributed by atoms with Gasteiger partial charge in [0.15, 0.2) is 0 Å². The molecule has 14 heavy (non-hydrogen) atoms. The third kappa shape index (κ3) is 1.55. The molecule has 0 spiro atoms. The lowest BCUT2D eigenvalue weighted by Gasteiger charge is -2.18. The zero-order valence-electron chi connectivity index (χ0n) is 8.00. The fraction of sp³-hybridized carbons (Fsp3) is 0.222. The third-order valence-corrected chi connectivity index (χ3v) is 3.34. The van der Waals surface area contributed by atoms with Crippen molar-refractivity contribution < 1.29 is 0 Å². The number of hydrogen-bond acceptors (Lipinski definition) is 4. The first-order valence-electron chi connectivity index (χ1n) is 4.28. The van der Waals surface area contributed by atoms with Crippen molar-refractivity contribution in [3.63, 3.8) is 0 Å². The van der Waals surface area contributed by atoms with Crippen molar-refractivity contribution in [2.45, 2.75) is 13.8 Å². The highest BCUT2D eigenvalue weighted by Gasteiger charge is 2.10. The first kappa shape index (κ1) is 9.33. The molecular formula is C9H11BrN4. The highest BCUT2D eigenvalue weighted by Crippen LogP contribution is 2.26. The van der Waals surface area contributed by atoms with Gasteiger partial charge < -0.3 is 0 Å². The maximum atomic E-state index is 3.85. The molecule has 74 valence electrons. The molecule has 0 fully saturated rings. The van der Waals surface area contributed by atoms with Crippen LogP contribution in [0.1, 0.15) is 11.1 Å². The van der Waals surface area contributed by atoms with Crippen LogP contribution in [0.5, 0.6) is 0 Å². The second-order valence-corrected chi connectivity index (χ2v) is 4.01. The van der Waals surface area contributed by atoms with Crippen molar-refractivity contribution in [1.29, 1.82) is 0 Å². The van der Waals surface area contributed by atoms with Crippen molar-refractivity contribution >= 4 is 28.0 Å². The van der Waals surface area contributed by atoms with Gasteiger partial charge >= 0.3 is 0 Å². The van der Waals surface area contributed by atoms with Gasteiger partial charge in [0.2, 0.25) is 0 Å². The summed E-state index contributed by atoms with van der Waals surface area (Å²) in [7, 11) is 0. The smallest absolute Gasteiger partial charge is 0.131 e. The van der Waals surface area contributed by atoms with Crippen LogP contribution in [-0.4, -0.2) is 6.34 Å². The zero-order valence-corrected chi connectivity index (χ0v) is 9.59. The molecule has 1 aromatic carbocycles. The number of benzene rings is 1. The number of hydrazine groups is 2. The molecule has 0 bridgehead atoms. The molecule has 1 aromatic rings. The standard InChI is InChI=1S/C9H11BrN4/c1-6-3-8(4-7(2)9(6)10)14-12-5-11-13-14/h3-5,13H,1-2H3,(H,11,12). The maximum absolute atomic E-state index is 3.85. The number of nitrogens with zero attached hydrogens (tertiary/aromatic N) is 2. The highest BCUT2D eigenvalue weighted by molar-refractivity contribution is 9.10. The average Bonchev–Trinajstić information content (AvgIpc) is 2.66. The number of hydrazone groups is 1. The average molecular weight is 255 g/mol. The van der Waals surface area contributed by atoms with Crippen molar-refractivity contribution in [3.05, 3.63) is 27.7 Å². The van der Waals surface area contributed by atoms with Crippen molar-refractivity contribution in [2.75, 3.05) is 5.12 Å². The van der Waals surface area contributed by atoms with Crippen molar-refractivity contribution in [2.24, 2.45) is 5.10 Å². The Balaban J connectivity index is 2.35. The van der Waals surface area contributed by atoms with E-state index in [0.717, 1.165) is 10.2 Å². The van der Waals surface area contributed by atoms with Gasteiger partial charge in [-0.25, -0.2) is 0 Å². The summed E-state index contributed by atoms with van der Waals surface area (Å²) in [4.78, 5) is 0. The van der Waals surface area contributed by atoms with Gasteiger partial charge in [-0.2, -0.15) is 10.7 Å². The molecule has 2 N–H and O–H groups in total. The minimum atomic E-state index is 1.04. The van der Waals surface area contributed by atoms with Crippen LogP contribution < -0.4 is 16.1 Å². The quantitative estimate of drug-likeness (QED) is 0.804. The Bertz CT molecular complexity index is 357. The Morgan fingerprint density at radius 1 is 1.29 bits per heavy atom. The predicted molar refractivity (Wildman–Crippen MR) is 60.9 cm³/mol. The second-order valence-electron chi connectivity index (χ2n) is 3.22. The van der Waals surface area contributed by atoms with E-state index in [4.69, 9.17) is 0 Å². The maximum Gasteiger partial charge on any atom is 0.131 e. The van der Waals surface area contributed by atoms with Crippen molar-refractivity contribution in [3.8, 4) is 0 Å². The van der Waals surface area contributed by atoms with Gasteiger partial charge in [-0.3, -0.25) is 5.43 Å². The van der Waals surface area contributed by atoms with E-state index in [1.165, 1.54) is 11.1 Å². The summed E-state index contributed by atoms with van der Waals surface area (Å²) in [5.74, 6) is 0. The zero-order chi connectivity index (χ0) is 10.1. The van der Waals surface area contributed by atoms with E-state index < -0.39 is 0 Å². The summed E-state index contributed by atoms with van der Waals surface area (Å²) in [5, 5.41) is 5.61. The van der Waals surface area contributed by atoms with Crippen LogP contribution in [-0.2, 0) is 0 Å². The van der Waals surface area contributed by atoms with Gasteiger partial charge in [0.1, 0.15) is 6.34 Å². The van der Waals surface area contributed by atoms with Crippen molar-refractivity contribution in [1.82, 2.24) is 11.0 Å². The Labute approximate surface area is 91.1 Å². The number of nitrogens with one attached hydrogen (secondary N) is 2. The molecule has 0 saturated carbocycles. The van der Waals surface area contributed by atoms with Gasteiger partial charge in [0.25, 0.3) is 0 Å². The normalized spacial score (nSPS) is 14.1. The van der Waals surface area contributed by atoms with E-state index in [9.17, 15) is 0 Å². The summed E-state index contributed by atoms with van der Waals surface area (Å²) in [6.07, 6.45) is 1.60. The Kier molecular flexibility index (Phi) is 2.33. The minimum absolute atomic E-state index is 1.04. The Hall–Kier alpha value is -1.23. The van der Waals surface area contributed by atoms with E-state index in [0.29, 0.717) is 0 Å². The molecule has 0 aliphatic carbocycles. The number of rotatable bonds is 1. The summed E-state index contributed by atoms with van der Waals surface area (Å²) in [6, 6.07) is 4.15. The van der Waals surface area contributed by atoms with Crippen LogP contribution in [0.4, 0.5) is 5.69 Å². The number of anilines is 1. The predicted octanol–water partition coefficient (Wildman–Crippen LogP) is 1.84. The molecule has 5 heteroatoms. The molecule has 0 aromatic heterocycles. The lowest BCUT2D eigenvalue weighted by molar-refractivity contribution is 0.684. The molecule has 1 aliphatic rings. The molecule has 0 amide bonds. The van der Waals surface area contributed by atoms with Crippen LogP contribution >= 0.6 is 15.9 Å². The molecule has 0 saturated heterocycles. The Morgan fingerprint density at radius 2 is 1.93 bits per heavy atom. The first-order valence-corrected chi connectivity index (χ1v) is 5.08. The van der Waals surface area contributed by atoms with Gasteiger partial charge in [-0.15, -0.1) is 5.10 Å². The Morgan fingerprint density at radius 3 is 2.43 bits per heavy atom. The largest absolute Gasteiger partial charge is 0.266 e. The molecule has 1 aliphatic heterocycles. The summed E-state index contributed by atoms with van der Waals surface area (Å²) in [6.45, 7) is 4.13.